The number of nitrogens with one attached hydrogen (secondary N) is 2. The van der Waals surface area contributed by atoms with E-state index in [1.54, 1.807) is 0 Å². The molecule has 2 saturated heterocycles. The summed E-state index contributed by atoms with van der Waals surface area (Å²) in [6, 6.07) is 0.502. The zero-order valence-corrected chi connectivity index (χ0v) is 13.0. The monoisotopic (exact) mass is 313 g/mol. The first kappa shape index (κ1) is 18.9. The Balaban J connectivity index is 0.00000162. The van der Waals surface area contributed by atoms with Crippen molar-refractivity contribution in [2.45, 2.75) is 31.8 Å². The van der Waals surface area contributed by atoms with Crippen LogP contribution in [0.4, 0.5) is 0 Å². The van der Waals surface area contributed by atoms with Crippen molar-refractivity contribution in [3.8, 4) is 0 Å². The van der Waals surface area contributed by atoms with Gasteiger partial charge in [-0.2, -0.15) is 0 Å². The number of nitrogens with zero attached hydrogens (tertiary/aromatic N) is 1. The Morgan fingerprint density at radius 2 is 2.26 bits per heavy atom. The summed E-state index contributed by atoms with van der Waals surface area (Å²) in [6.07, 6.45) is 2.08. The summed E-state index contributed by atoms with van der Waals surface area (Å²) in [4.78, 5) is 14.1. The number of morpholine rings is 1. The number of rotatable bonds is 4. The highest BCUT2D eigenvalue weighted by Crippen LogP contribution is 2.06. The number of hydrogen-bond acceptors (Lipinski definition) is 4. The lowest BCUT2D eigenvalue weighted by atomic mass is 10.2. The van der Waals surface area contributed by atoms with Gasteiger partial charge in [0, 0.05) is 25.7 Å². The Morgan fingerprint density at radius 1 is 1.47 bits per heavy atom. The molecule has 0 aromatic carbocycles. The van der Waals surface area contributed by atoms with Gasteiger partial charge in [0.2, 0.25) is 5.91 Å². The molecule has 114 valence electrons. The smallest absolute Gasteiger partial charge is 0.237 e. The standard InChI is InChI=1S/C12H23N3O2.2ClH/c1-10-9-17-8-7-15(10)6-5-14-12(16)11-3-2-4-13-11;;/h10-11,13H,2-9H2,1H3,(H,14,16);2*1H. The Morgan fingerprint density at radius 3 is 2.89 bits per heavy atom. The second kappa shape index (κ2) is 9.77. The zero-order chi connectivity index (χ0) is 12.1. The maximum Gasteiger partial charge on any atom is 0.237 e. The number of ether oxygens (including phenoxy) is 1. The van der Waals surface area contributed by atoms with E-state index in [1.165, 1.54) is 0 Å². The summed E-state index contributed by atoms with van der Waals surface area (Å²) in [5, 5.41) is 6.22. The van der Waals surface area contributed by atoms with Crippen LogP contribution in [0.1, 0.15) is 19.8 Å². The van der Waals surface area contributed by atoms with Gasteiger partial charge in [0.05, 0.1) is 19.3 Å². The van der Waals surface area contributed by atoms with Gasteiger partial charge in [-0.1, -0.05) is 0 Å². The van der Waals surface area contributed by atoms with Gasteiger partial charge in [-0.3, -0.25) is 9.69 Å². The molecular formula is C12H25Cl2N3O2. The van der Waals surface area contributed by atoms with Gasteiger partial charge >= 0.3 is 0 Å². The van der Waals surface area contributed by atoms with E-state index in [1.807, 2.05) is 0 Å². The van der Waals surface area contributed by atoms with Crippen molar-refractivity contribution in [2.24, 2.45) is 0 Å². The molecule has 19 heavy (non-hydrogen) atoms. The lowest BCUT2D eigenvalue weighted by Gasteiger charge is -2.33. The maximum absolute atomic E-state index is 11.8. The molecule has 0 saturated carbocycles. The molecule has 0 radical (unpaired) electrons. The number of carbonyl (C=O) groups is 1. The molecule has 0 aliphatic carbocycles. The van der Waals surface area contributed by atoms with E-state index < -0.39 is 0 Å². The molecule has 7 heteroatoms. The predicted molar refractivity (Wildman–Crippen MR) is 80.4 cm³/mol. The summed E-state index contributed by atoms with van der Waals surface area (Å²) in [6.45, 7) is 7.38. The summed E-state index contributed by atoms with van der Waals surface area (Å²) in [5.74, 6) is 0.156. The minimum Gasteiger partial charge on any atom is -0.379 e. The number of halogens is 2. The van der Waals surface area contributed by atoms with Crippen molar-refractivity contribution in [1.29, 1.82) is 0 Å². The van der Waals surface area contributed by atoms with Crippen LogP contribution in [-0.4, -0.2) is 62.3 Å². The van der Waals surface area contributed by atoms with Crippen molar-refractivity contribution in [3.63, 3.8) is 0 Å². The Hall–Kier alpha value is -0.0700. The largest absolute Gasteiger partial charge is 0.379 e. The SMILES string of the molecule is CC1COCCN1CCNC(=O)C1CCCN1.Cl.Cl. The Kier molecular flexibility index (Phi) is 9.74. The van der Waals surface area contributed by atoms with Gasteiger partial charge in [0.15, 0.2) is 0 Å². The summed E-state index contributed by atoms with van der Waals surface area (Å²) in [5.41, 5.74) is 0. The van der Waals surface area contributed by atoms with E-state index in [-0.39, 0.29) is 36.8 Å². The van der Waals surface area contributed by atoms with E-state index >= 15 is 0 Å². The minimum absolute atomic E-state index is 0. The van der Waals surface area contributed by atoms with Crippen LogP contribution in [0.3, 0.4) is 0 Å². The second-order valence-corrected chi connectivity index (χ2v) is 4.90. The van der Waals surface area contributed by atoms with E-state index in [0.717, 1.165) is 52.2 Å². The van der Waals surface area contributed by atoms with Crippen LogP contribution in [0.25, 0.3) is 0 Å². The predicted octanol–water partition coefficient (Wildman–Crippen LogP) is 0.419. The third-order valence-electron chi connectivity index (χ3n) is 3.58. The van der Waals surface area contributed by atoms with Crippen LogP contribution >= 0.6 is 24.8 Å². The normalized spacial score (nSPS) is 27.2. The van der Waals surface area contributed by atoms with E-state index in [9.17, 15) is 4.79 Å². The topological polar surface area (TPSA) is 53.6 Å². The minimum atomic E-state index is 0. The highest BCUT2D eigenvalue weighted by molar-refractivity contribution is 5.85. The first-order valence-corrected chi connectivity index (χ1v) is 6.60. The van der Waals surface area contributed by atoms with Gasteiger partial charge in [-0.05, 0) is 26.3 Å². The summed E-state index contributed by atoms with van der Waals surface area (Å²) < 4.78 is 5.38. The molecule has 0 spiro atoms. The fraction of sp³-hybridized carbons (Fsp3) is 0.917. The van der Waals surface area contributed by atoms with Crippen molar-refractivity contribution < 1.29 is 9.53 Å². The number of hydrogen-bond donors (Lipinski definition) is 2. The zero-order valence-electron chi connectivity index (χ0n) is 11.4. The molecule has 2 N–H and O–H groups in total. The fourth-order valence-electron chi connectivity index (χ4n) is 2.45. The van der Waals surface area contributed by atoms with Crippen LogP contribution in [0.15, 0.2) is 0 Å². The van der Waals surface area contributed by atoms with Crippen LogP contribution < -0.4 is 10.6 Å². The summed E-state index contributed by atoms with van der Waals surface area (Å²) >= 11 is 0. The first-order valence-electron chi connectivity index (χ1n) is 6.60. The lowest BCUT2D eigenvalue weighted by molar-refractivity contribution is -0.122. The van der Waals surface area contributed by atoms with Crippen molar-refractivity contribution >= 4 is 30.7 Å². The van der Waals surface area contributed by atoms with Gasteiger partial charge < -0.3 is 15.4 Å². The average Bonchev–Trinajstić information content (AvgIpc) is 2.85. The molecule has 2 rings (SSSR count). The molecule has 2 heterocycles. The third kappa shape index (κ3) is 5.83. The molecular weight excluding hydrogens is 289 g/mol. The molecule has 2 aliphatic rings. The van der Waals surface area contributed by atoms with Crippen LogP contribution in [0, 0.1) is 0 Å². The van der Waals surface area contributed by atoms with Crippen molar-refractivity contribution in [2.75, 3.05) is 39.4 Å². The molecule has 5 nitrogen and oxygen atoms in total. The van der Waals surface area contributed by atoms with Crippen LogP contribution in [0.2, 0.25) is 0 Å². The molecule has 2 fully saturated rings. The lowest BCUT2D eigenvalue weighted by Crippen LogP contribution is -2.48. The van der Waals surface area contributed by atoms with E-state index in [0.29, 0.717) is 6.04 Å². The molecule has 0 aromatic heterocycles. The number of carbonyl (C=O) groups excluding carboxylic acids is 1. The molecule has 2 atom stereocenters. The Bertz CT molecular complexity index is 263. The number of amides is 1. The maximum atomic E-state index is 11.8. The molecule has 1 amide bonds. The van der Waals surface area contributed by atoms with Gasteiger partial charge in [-0.25, -0.2) is 0 Å². The van der Waals surface area contributed by atoms with Crippen LogP contribution in [-0.2, 0) is 9.53 Å². The van der Waals surface area contributed by atoms with Gasteiger partial charge in [-0.15, -0.1) is 24.8 Å². The second-order valence-electron chi connectivity index (χ2n) is 4.90. The third-order valence-corrected chi connectivity index (χ3v) is 3.58. The highest BCUT2D eigenvalue weighted by atomic mass is 35.5. The molecule has 2 aliphatic heterocycles. The van der Waals surface area contributed by atoms with Gasteiger partial charge in [0.1, 0.15) is 0 Å². The fourth-order valence-corrected chi connectivity index (χ4v) is 2.45. The van der Waals surface area contributed by atoms with E-state index in [2.05, 4.69) is 22.5 Å². The molecule has 2 unspecified atom stereocenters. The molecule has 0 aromatic rings. The molecule has 0 bridgehead atoms. The van der Waals surface area contributed by atoms with E-state index in [4.69, 9.17) is 4.74 Å². The van der Waals surface area contributed by atoms with Gasteiger partial charge in [0.25, 0.3) is 0 Å². The average molecular weight is 314 g/mol. The quantitative estimate of drug-likeness (QED) is 0.790. The first-order chi connectivity index (χ1) is 8.27. The Labute approximate surface area is 127 Å². The van der Waals surface area contributed by atoms with Crippen LogP contribution in [0.5, 0.6) is 0 Å². The summed E-state index contributed by atoms with van der Waals surface area (Å²) in [7, 11) is 0. The van der Waals surface area contributed by atoms with Crippen molar-refractivity contribution in [1.82, 2.24) is 15.5 Å². The van der Waals surface area contributed by atoms with Crippen molar-refractivity contribution in [3.05, 3.63) is 0 Å². The highest BCUT2D eigenvalue weighted by Gasteiger charge is 2.22.